The molecule has 0 unspecified atom stereocenters. The molecule has 0 amide bonds. The van der Waals surface area contributed by atoms with Gasteiger partial charge in [0.1, 0.15) is 0 Å². The Morgan fingerprint density at radius 1 is 1.24 bits per heavy atom. The number of hydrogen-bond acceptors (Lipinski definition) is 1. The Labute approximate surface area is 149 Å². The first kappa shape index (κ1) is 18.4. The van der Waals surface area contributed by atoms with Crippen LogP contribution in [0.1, 0.15) is 5.56 Å². The Hall–Kier alpha value is -0.646. The maximum atomic E-state index is 13.8. The van der Waals surface area contributed by atoms with Crippen LogP contribution >= 0.6 is 11.6 Å². The van der Waals surface area contributed by atoms with Gasteiger partial charge in [0.2, 0.25) is 0 Å². The van der Waals surface area contributed by atoms with Crippen molar-refractivity contribution in [1.82, 2.24) is 4.90 Å². The third-order valence-electron chi connectivity index (χ3n) is 2.73. The minimum Gasteiger partial charge on any atom is -0.368 e. The van der Waals surface area contributed by atoms with E-state index in [0.29, 0.717) is 0 Å². The summed E-state index contributed by atoms with van der Waals surface area (Å²) >= 11 is 5.79. The molecule has 0 bridgehead atoms. The van der Waals surface area contributed by atoms with Gasteiger partial charge in [0.25, 0.3) is 6.43 Å². The third-order valence-corrected chi connectivity index (χ3v) is 3.05. The van der Waals surface area contributed by atoms with Crippen LogP contribution in [0.15, 0.2) is 41.6 Å². The first-order valence-electron chi connectivity index (χ1n) is 5.60. The predicted octanol–water partition coefficient (Wildman–Crippen LogP) is 4.32. The van der Waals surface area contributed by atoms with Crippen LogP contribution in [0.3, 0.4) is 0 Å². The van der Waals surface area contributed by atoms with Gasteiger partial charge in [0.15, 0.2) is 0 Å². The van der Waals surface area contributed by atoms with Gasteiger partial charge >= 0.3 is 0 Å². The van der Waals surface area contributed by atoms with Crippen LogP contribution in [-0.2, 0) is 32.7 Å². The van der Waals surface area contributed by atoms with E-state index in [0.717, 1.165) is 17.0 Å². The average molecular weight is 392 g/mol. The first-order valence-corrected chi connectivity index (χ1v) is 5.98. The number of nitrogens with zero attached hydrogens (tertiary/aromatic N) is 1. The second-order valence-corrected chi connectivity index (χ2v) is 4.44. The molecule has 0 saturated heterocycles. The largest absolute Gasteiger partial charge is 0.368 e. The van der Waals surface area contributed by atoms with Crippen molar-refractivity contribution in [2.24, 2.45) is 0 Å². The van der Waals surface area contributed by atoms with Crippen LogP contribution in [0.2, 0.25) is 0 Å². The molecule has 21 heavy (non-hydrogen) atoms. The maximum Gasteiger partial charge on any atom is 0.256 e. The fraction of sp³-hybridized carbons (Fsp3) is 0.143. The minimum atomic E-state index is -2.72. The van der Waals surface area contributed by atoms with Gasteiger partial charge in [0.05, 0.1) is 18.2 Å². The van der Waals surface area contributed by atoms with Crippen molar-refractivity contribution in [2.45, 2.75) is 6.43 Å². The Morgan fingerprint density at radius 3 is 2.33 bits per heavy atom. The second kappa shape index (κ2) is 7.57. The zero-order valence-corrected chi connectivity index (χ0v) is 14.3. The minimum absolute atomic E-state index is 0. The molecule has 0 aromatic heterocycles. The molecule has 1 heterocycles. The number of halogens is 5. The van der Waals surface area contributed by atoms with Crippen molar-refractivity contribution in [1.29, 1.82) is 0 Å². The molecule has 109 valence electrons. The molecular weight excluding hydrogens is 383 g/mol. The topological polar surface area (TPSA) is 3.24 Å². The molecule has 2 rings (SSSR count). The zero-order valence-electron chi connectivity index (χ0n) is 10.7. The summed E-state index contributed by atoms with van der Waals surface area (Å²) in [6.45, 7) is 2.77. The van der Waals surface area contributed by atoms with Crippen molar-refractivity contribution >= 4 is 17.3 Å². The number of alkyl halides is 2. The van der Waals surface area contributed by atoms with Crippen LogP contribution in [0.4, 0.5) is 17.6 Å². The standard InChI is InChI=1S/C14H9ClF4N.Y/c1-8-9(15)5-6-12(20(8)7-13(18)19)14-10(16)3-2-4-11(14)17;/h2-5,13H,1,7H2;/q-1;. The third kappa shape index (κ3) is 3.96. The summed E-state index contributed by atoms with van der Waals surface area (Å²) in [6, 6.07) is 3.26. The SMILES string of the molecule is C=C1C(Cl)=C[C-]=C(c2c(F)cccc2F)N1CC(F)F.[Y]. The van der Waals surface area contributed by atoms with Crippen LogP contribution < -0.4 is 0 Å². The van der Waals surface area contributed by atoms with Gasteiger partial charge in [-0.2, -0.15) is 23.8 Å². The predicted molar refractivity (Wildman–Crippen MR) is 68.8 cm³/mol. The molecule has 0 saturated carbocycles. The maximum absolute atomic E-state index is 13.8. The van der Waals surface area contributed by atoms with Crippen molar-refractivity contribution in [3.8, 4) is 0 Å². The Balaban J connectivity index is 0.00000220. The number of hydrogen-bond donors (Lipinski definition) is 0. The van der Waals surface area contributed by atoms with Crippen LogP contribution in [-0.4, -0.2) is 17.9 Å². The second-order valence-electron chi connectivity index (χ2n) is 4.03. The smallest absolute Gasteiger partial charge is 0.256 e. The first-order chi connectivity index (χ1) is 9.41. The molecule has 1 nitrogen and oxygen atoms in total. The van der Waals surface area contributed by atoms with Gasteiger partial charge in [-0.25, -0.2) is 17.6 Å². The van der Waals surface area contributed by atoms with Gasteiger partial charge in [-0.3, -0.25) is 0 Å². The van der Waals surface area contributed by atoms with E-state index in [4.69, 9.17) is 11.6 Å². The van der Waals surface area contributed by atoms with Crippen molar-refractivity contribution in [3.05, 3.63) is 64.9 Å². The van der Waals surface area contributed by atoms with E-state index in [9.17, 15) is 17.6 Å². The van der Waals surface area contributed by atoms with E-state index >= 15 is 0 Å². The number of allylic oxidation sites excluding steroid dienone is 3. The van der Waals surface area contributed by atoms with E-state index in [-0.39, 0.29) is 49.1 Å². The monoisotopic (exact) mass is 391 g/mol. The van der Waals surface area contributed by atoms with Gasteiger partial charge in [-0.05, 0) is 28.4 Å². The molecular formula is C14H9ClF4NY-. The molecule has 0 fully saturated rings. The zero-order chi connectivity index (χ0) is 14.9. The quantitative estimate of drug-likeness (QED) is 0.548. The molecule has 0 N–H and O–H groups in total. The molecule has 1 aliphatic rings. The summed E-state index contributed by atoms with van der Waals surface area (Å²) in [6.07, 6.45) is 1.05. The van der Waals surface area contributed by atoms with Gasteiger partial charge in [0, 0.05) is 32.7 Å². The molecule has 0 atom stereocenters. The molecule has 1 aromatic rings. The Bertz CT molecular complexity index is 593. The van der Waals surface area contributed by atoms with Gasteiger partial charge in [-0.1, -0.05) is 18.3 Å². The van der Waals surface area contributed by atoms with E-state index in [1.807, 2.05) is 0 Å². The van der Waals surface area contributed by atoms with Crippen LogP contribution in [0.25, 0.3) is 5.70 Å². The summed E-state index contributed by atoms with van der Waals surface area (Å²) in [5.41, 5.74) is -0.548. The van der Waals surface area contributed by atoms with E-state index in [1.54, 1.807) is 0 Å². The molecule has 1 aliphatic heterocycles. The Morgan fingerprint density at radius 2 is 1.81 bits per heavy atom. The molecule has 7 heteroatoms. The number of rotatable bonds is 3. The number of benzene rings is 1. The summed E-state index contributed by atoms with van der Waals surface area (Å²) in [4.78, 5) is 0.953. The van der Waals surface area contributed by atoms with E-state index < -0.39 is 30.2 Å². The normalized spacial score (nSPS) is 14.8. The summed E-state index contributed by atoms with van der Waals surface area (Å²) in [7, 11) is 0. The van der Waals surface area contributed by atoms with Crippen molar-refractivity contribution < 1.29 is 50.3 Å². The van der Waals surface area contributed by atoms with Crippen LogP contribution in [0.5, 0.6) is 0 Å². The molecule has 0 aliphatic carbocycles. The summed E-state index contributed by atoms with van der Waals surface area (Å²) in [5.74, 6) is -1.74. The van der Waals surface area contributed by atoms with Crippen molar-refractivity contribution in [2.75, 3.05) is 6.54 Å². The Kier molecular flexibility index (Phi) is 6.63. The van der Waals surface area contributed by atoms with E-state index in [2.05, 4.69) is 12.7 Å². The fourth-order valence-corrected chi connectivity index (χ4v) is 1.98. The van der Waals surface area contributed by atoms with Crippen molar-refractivity contribution in [3.63, 3.8) is 0 Å². The average Bonchev–Trinajstić information content (AvgIpc) is 2.37. The summed E-state index contributed by atoms with van der Waals surface area (Å²) < 4.78 is 52.8. The molecule has 0 spiro atoms. The molecule has 1 aromatic carbocycles. The fourth-order valence-electron chi connectivity index (χ4n) is 1.83. The summed E-state index contributed by atoms with van der Waals surface area (Å²) in [5, 5.41) is 0.0890. The van der Waals surface area contributed by atoms with E-state index in [1.165, 1.54) is 12.1 Å². The van der Waals surface area contributed by atoms with Gasteiger partial charge < -0.3 is 4.90 Å². The molecule has 1 radical (unpaired) electrons. The van der Waals surface area contributed by atoms with Crippen LogP contribution in [0, 0.1) is 17.7 Å². The van der Waals surface area contributed by atoms with Gasteiger partial charge in [-0.15, -0.1) is 0 Å².